The van der Waals surface area contributed by atoms with Gasteiger partial charge in [0.2, 0.25) is 0 Å². The molecule has 35 heavy (non-hydrogen) atoms. The van der Waals surface area contributed by atoms with E-state index in [1.54, 1.807) is 29.2 Å². The number of aromatic amines is 3. The molecular weight excluding hydrogens is 490 g/mol. The summed E-state index contributed by atoms with van der Waals surface area (Å²) >= 11 is 6.69. The minimum Gasteiger partial charge on any atom is -0.410 e. The molecule has 3 aromatic heterocycles. The summed E-state index contributed by atoms with van der Waals surface area (Å²) in [6, 6.07) is 13.7. The van der Waals surface area contributed by atoms with E-state index < -0.39 is 6.09 Å². The average molecular weight is 510 g/mol. The van der Waals surface area contributed by atoms with Crippen molar-refractivity contribution in [2.24, 2.45) is 0 Å². The Morgan fingerprint density at radius 2 is 2.00 bits per heavy atom. The van der Waals surface area contributed by atoms with Crippen LogP contribution in [0.25, 0.3) is 21.5 Å². The van der Waals surface area contributed by atoms with Crippen molar-refractivity contribution in [1.82, 2.24) is 30.8 Å². The Kier molecular flexibility index (Phi) is 6.50. The molecular formula is C22H19N7O4S2. The predicted molar refractivity (Wildman–Crippen MR) is 132 cm³/mol. The van der Waals surface area contributed by atoms with Crippen molar-refractivity contribution < 1.29 is 14.1 Å². The molecule has 0 fully saturated rings. The second kappa shape index (κ2) is 10.0. The number of nitrogens with one attached hydrogen (secondary N) is 3. The van der Waals surface area contributed by atoms with Gasteiger partial charge in [-0.1, -0.05) is 5.21 Å². The number of rotatable bonds is 8. The van der Waals surface area contributed by atoms with Crippen molar-refractivity contribution in [3.63, 3.8) is 0 Å². The fraction of sp³-hybridized carbons (Fsp3) is 0.182. The first kappa shape index (κ1) is 22.7. The van der Waals surface area contributed by atoms with E-state index in [4.69, 9.17) is 21.5 Å². The van der Waals surface area contributed by atoms with E-state index in [9.17, 15) is 9.59 Å². The first-order chi connectivity index (χ1) is 17.0. The van der Waals surface area contributed by atoms with Crippen molar-refractivity contribution >= 4 is 45.6 Å². The standard InChI is InChI=1S/C22H19N7O4S2/c30-20-12-17(33-26-20)13-4-7-15(8-5-13)32-22(31)29(10-2-1-3-19-24-27-28-25-19)14-6-9-16-18(11-14)35-21(34)23-16/h4-9,11-12H,1-3,10H2,(H,23,34)(H,26,30)(H,24,25,27,28). The van der Waals surface area contributed by atoms with Crippen molar-refractivity contribution in [3.05, 3.63) is 68.7 Å². The normalized spacial score (nSPS) is 11.1. The van der Waals surface area contributed by atoms with Gasteiger partial charge in [0, 0.05) is 24.2 Å². The number of aryl methyl sites for hydroxylation is 1. The van der Waals surface area contributed by atoms with E-state index in [-0.39, 0.29) is 5.56 Å². The van der Waals surface area contributed by atoms with Crippen molar-refractivity contribution in [2.75, 3.05) is 11.4 Å². The molecule has 0 aliphatic carbocycles. The highest BCUT2D eigenvalue weighted by Crippen LogP contribution is 2.27. The van der Waals surface area contributed by atoms with E-state index in [1.165, 1.54) is 17.4 Å². The van der Waals surface area contributed by atoms with Gasteiger partial charge in [0.05, 0.1) is 16.3 Å². The highest BCUT2D eigenvalue weighted by atomic mass is 32.1. The van der Waals surface area contributed by atoms with Gasteiger partial charge in [-0.3, -0.25) is 9.69 Å². The van der Waals surface area contributed by atoms with Gasteiger partial charge in [0.15, 0.2) is 15.5 Å². The molecule has 3 N–H and O–H groups in total. The molecule has 11 nitrogen and oxygen atoms in total. The van der Waals surface area contributed by atoms with Crippen LogP contribution in [0.4, 0.5) is 10.5 Å². The number of amides is 1. The third-order valence-electron chi connectivity index (χ3n) is 5.23. The number of benzene rings is 2. The van der Waals surface area contributed by atoms with Crippen LogP contribution in [0.2, 0.25) is 0 Å². The lowest BCUT2D eigenvalue weighted by Crippen LogP contribution is -2.34. The number of tetrazole rings is 1. The van der Waals surface area contributed by atoms with E-state index in [0.717, 1.165) is 16.6 Å². The Morgan fingerprint density at radius 3 is 2.74 bits per heavy atom. The van der Waals surface area contributed by atoms with Gasteiger partial charge in [-0.25, -0.2) is 4.79 Å². The molecule has 13 heteroatoms. The third-order valence-corrected chi connectivity index (χ3v) is 6.42. The summed E-state index contributed by atoms with van der Waals surface area (Å²) in [6.45, 7) is 0.435. The molecule has 0 bridgehead atoms. The fourth-order valence-electron chi connectivity index (χ4n) is 3.54. The Hall–Kier alpha value is -4.10. The first-order valence-corrected chi connectivity index (χ1v) is 11.9. The molecule has 0 aliphatic heterocycles. The van der Waals surface area contributed by atoms with Gasteiger partial charge in [0.1, 0.15) is 5.75 Å². The Labute approximate surface area is 206 Å². The lowest BCUT2D eigenvalue weighted by atomic mass is 10.2. The van der Waals surface area contributed by atoms with Gasteiger partial charge < -0.3 is 14.2 Å². The maximum atomic E-state index is 13.2. The van der Waals surface area contributed by atoms with Crippen LogP contribution in [0, 0.1) is 3.95 Å². The van der Waals surface area contributed by atoms with Crippen molar-refractivity contribution in [3.8, 4) is 17.1 Å². The van der Waals surface area contributed by atoms with E-state index in [0.29, 0.717) is 51.9 Å². The number of nitrogens with zero attached hydrogens (tertiary/aromatic N) is 4. The van der Waals surface area contributed by atoms with Crippen LogP contribution in [-0.2, 0) is 6.42 Å². The maximum Gasteiger partial charge on any atom is 0.419 e. The summed E-state index contributed by atoms with van der Waals surface area (Å²) in [4.78, 5) is 29.2. The summed E-state index contributed by atoms with van der Waals surface area (Å²) in [5.74, 6) is 1.40. The summed E-state index contributed by atoms with van der Waals surface area (Å²) in [6.07, 6.45) is 1.61. The second-order valence-corrected chi connectivity index (χ2v) is 9.32. The van der Waals surface area contributed by atoms with E-state index in [1.807, 2.05) is 18.2 Å². The molecule has 2 aromatic carbocycles. The molecule has 0 aliphatic rings. The smallest absolute Gasteiger partial charge is 0.410 e. The summed E-state index contributed by atoms with van der Waals surface area (Å²) in [5.41, 5.74) is 1.98. The van der Waals surface area contributed by atoms with Crippen LogP contribution in [0.15, 0.2) is 57.8 Å². The average Bonchev–Trinajstić information content (AvgIpc) is 3.60. The lowest BCUT2D eigenvalue weighted by Gasteiger charge is -2.22. The number of carbonyl (C=O) groups excluding carboxylic acids is 1. The first-order valence-electron chi connectivity index (χ1n) is 10.7. The molecule has 0 saturated heterocycles. The monoisotopic (exact) mass is 509 g/mol. The number of H-pyrrole nitrogens is 3. The highest BCUT2D eigenvalue weighted by molar-refractivity contribution is 7.73. The fourth-order valence-corrected chi connectivity index (χ4v) is 4.69. The second-order valence-electron chi connectivity index (χ2n) is 7.60. The number of carbonyl (C=O) groups is 1. The third kappa shape index (κ3) is 5.36. The number of fused-ring (bicyclic) bond motifs is 1. The number of unbranched alkanes of at least 4 members (excludes halogenated alkanes) is 1. The zero-order valence-corrected chi connectivity index (χ0v) is 19.8. The molecule has 3 heterocycles. The van der Waals surface area contributed by atoms with Crippen LogP contribution < -0.4 is 15.2 Å². The largest absolute Gasteiger partial charge is 0.419 e. The quantitative estimate of drug-likeness (QED) is 0.205. The Morgan fingerprint density at radius 1 is 1.14 bits per heavy atom. The molecule has 0 saturated carbocycles. The molecule has 1 amide bonds. The van der Waals surface area contributed by atoms with Crippen LogP contribution in [0.3, 0.4) is 0 Å². The van der Waals surface area contributed by atoms with Gasteiger partial charge in [-0.15, -0.1) is 21.5 Å². The number of aromatic nitrogens is 6. The summed E-state index contributed by atoms with van der Waals surface area (Å²) in [7, 11) is 0. The summed E-state index contributed by atoms with van der Waals surface area (Å²) < 4.78 is 12.4. The zero-order chi connectivity index (χ0) is 24.2. The minimum absolute atomic E-state index is 0.325. The number of anilines is 1. The molecule has 5 rings (SSSR count). The topological polar surface area (TPSA) is 146 Å². The molecule has 0 atom stereocenters. The lowest BCUT2D eigenvalue weighted by molar-refractivity contribution is 0.207. The molecule has 0 unspecified atom stereocenters. The molecule has 178 valence electrons. The Balaban J connectivity index is 1.32. The number of hydrogen-bond acceptors (Lipinski definition) is 9. The number of ether oxygens (including phenoxy) is 1. The SMILES string of the molecule is O=C(Oc1ccc(-c2cc(=O)[nH]o2)cc1)N(CCCCc1nn[nH]n1)c1ccc2[nH]c(=S)sc2c1. The van der Waals surface area contributed by atoms with Gasteiger partial charge in [-0.05, 0) is 67.5 Å². The van der Waals surface area contributed by atoms with Crippen molar-refractivity contribution in [2.45, 2.75) is 19.3 Å². The van der Waals surface area contributed by atoms with Crippen molar-refractivity contribution in [1.29, 1.82) is 0 Å². The van der Waals surface area contributed by atoms with Gasteiger partial charge in [0.25, 0.3) is 5.56 Å². The molecule has 0 spiro atoms. The predicted octanol–water partition coefficient (Wildman–Crippen LogP) is 4.45. The van der Waals surface area contributed by atoms with Crippen LogP contribution in [-0.4, -0.2) is 43.4 Å². The van der Waals surface area contributed by atoms with Crippen LogP contribution in [0.1, 0.15) is 18.7 Å². The summed E-state index contributed by atoms with van der Waals surface area (Å²) in [5, 5.41) is 16.2. The number of hydrogen-bond donors (Lipinski definition) is 3. The zero-order valence-electron chi connectivity index (χ0n) is 18.2. The Bertz CT molecular complexity index is 1550. The van der Waals surface area contributed by atoms with Crippen LogP contribution >= 0.6 is 23.6 Å². The number of thiazole rings is 1. The van der Waals surface area contributed by atoms with E-state index in [2.05, 4.69) is 30.8 Å². The minimum atomic E-state index is -0.510. The van der Waals surface area contributed by atoms with Gasteiger partial charge in [-0.2, -0.15) is 10.4 Å². The van der Waals surface area contributed by atoms with Gasteiger partial charge >= 0.3 is 6.09 Å². The highest BCUT2D eigenvalue weighted by Gasteiger charge is 2.19. The van der Waals surface area contributed by atoms with E-state index >= 15 is 0 Å². The van der Waals surface area contributed by atoms with Crippen LogP contribution in [0.5, 0.6) is 5.75 Å². The maximum absolute atomic E-state index is 13.2. The molecule has 5 aromatic rings. The molecule has 0 radical (unpaired) electrons.